The molecule has 0 bridgehead atoms. The van der Waals surface area contributed by atoms with Crippen LogP contribution in [0.5, 0.6) is 0 Å². The number of nitrogens with zero attached hydrogens (tertiary/aromatic N) is 1. The van der Waals surface area contributed by atoms with Crippen LogP contribution in [0.1, 0.15) is 5.56 Å². The van der Waals surface area contributed by atoms with Gasteiger partial charge < -0.3 is 15.4 Å². The van der Waals surface area contributed by atoms with Crippen molar-refractivity contribution in [2.75, 3.05) is 28.7 Å². The van der Waals surface area contributed by atoms with Crippen LogP contribution in [0.25, 0.3) is 0 Å². The molecule has 0 aliphatic heterocycles. The highest BCUT2D eigenvalue weighted by atomic mass is 32.2. The normalized spacial score (nSPS) is 10.1. The zero-order valence-electron chi connectivity index (χ0n) is 15.5. The highest BCUT2D eigenvalue weighted by Crippen LogP contribution is 2.15. The summed E-state index contributed by atoms with van der Waals surface area (Å²) in [4.78, 5) is 45.3. The largest absolute Gasteiger partial charge is 0.455 e. The number of nitro benzene ring substituents is 1. The smallest absolute Gasteiger partial charge is 0.316 e. The molecule has 2 rings (SSSR count). The number of hydrogen-bond donors (Lipinski definition) is 2. The van der Waals surface area contributed by atoms with Gasteiger partial charge in [0.25, 0.3) is 11.6 Å². The van der Waals surface area contributed by atoms with Crippen molar-refractivity contribution >= 4 is 46.6 Å². The summed E-state index contributed by atoms with van der Waals surface area (Å²) in [6.45, 7) is 1.42. The van der Waals surface area contributed by atoms with Gasteiger partial charge in [-0.25, -0.2) is 0 Å². The zero-order chi connectivity index (χ0) is 21.2. The summed E-state index contributed by atoms with van der Waals surface area (Å²) < 4.78 is 4.84. The van der Waals surface area contributed by atoms with Crippen molar-refractivity contribution in [1.82, 2.24) is 0 Å². The molecule has 2 amide bonds. The lowest BCUT2D eigenvalue weighted by Crippen LogP contribution is -2.22. The molecule has 0 atom stereocenters. The van der Waals surface area contributed by atoms with Gasteiger partial charge in [-0.1, -0.05) is 12.1 Å². The van der Waals surface area contributed by atoms with E-state index in [1.807, 2.05) is 25.1 Å². The lowest BCUT2D eigenvalue weighted by atomic mass is 10.2. The van der Waals surface area contributed by atoms with E-state index in [9.17, 15) is 24.5 Å². The topological polar surface area (TPSA) is 128 Å². The van der Waals surface area contributed by atoms with Gasteiger partial charge in [-0.2, -0.15) is 0 Å². The fraction of sp³-hybridized carbons (Fsp3) is 0.211. The minimum Gasteiger partial charge on any atom is -0.455 e. The number of esters is 1. The van der Waals surface area contributed by atoms with E-state index in [1.54, 1.807) is 6.07 Å². The Morgan fingerprint density at radius 3 is 2.34 bits per heavy atom. The molecule has 0 unspecified atom stereocenters. The molecule has 0 radical (unpaired) electrons. The van der Waals surface area contributed by atoms with E-state index in [1.165, 1.54) is 24.3 Å². The fourth-order valence-corrected chi connectivity index (χ4v) is 2.81. The molecule has 0 aliphatic carbocycles. The average Bonchev–Trinajstić information content (AvgIpc) is 2.67. The van der Waals surface area contributed by atoms with Crippen LogP contribution in [0, 0.1) is 17.0 Å². The Balaban J connectivity index is 1.64. The molecule has 2 N–H and O–H groups in total. The number of carbonyl (C=O) groups excluding carboxylic acids is 3. The highest BCUT2D eigenvalue weighted by molar-refractivity contribution is 8.00. The predicted molar refractivity (Wildman–Crippen MR) is 110 cm³/mol. The number of hydrogen-bond acceptors (Lipinski definition) is 7. The van der Waals surface area contributed by atoms with Gasteiger partial charge in [0.15, 0.2) is 6.61 Å². The summed E-state index contributed by atoms with van der Waals surface area (Å²) in [5, 5.41) is 15.8. The molecular formula is C19H19N3O6S. The maximum atomic E-state index is 11.9. The molecule has 0 saturated heterocycles. The van der Waals surface area contributed by atoms with Gasteiger partial charge in [0.1, 0.15) is 0 Å². The molecule has 0 spiro atoms. The molecule has 0 heterocycles. The van der Waals surface area contributed by atoms with Gasteiger partial charge in [0.05, 0.1) is 16.4 Å². The second-order valence-corrected chi connectivity index (χ2v) is 6.91. The SMILES string of the molecule is Cc1cccc(NC(=O)CSCC(=O)OCC(=O)Nc2ccc([N+](=O)[O-])cc2)c1. The Bertz CT molecular complexity index is 901. The highest BCUT2D eigenvalue weighted by Gasteiger charge is 2.11. The molecule has 10 heteroatoms. The molecular weight excluding hydrogens is 398 g/mol. The van der Waals surface area contributed by atoms with E-state index >= 15 is 0 Å². The number of rotatable bonds is 9. The van der Waals surface area contributed by atoms with Crippen molar-refractivity contribution in [2.45, 2.75) is 6.92 Å². The van der Waals surface area contributed by atoms with Crippen molar-refractivity contribution in [2.24, 2.45) is 0 Å². The Hall–Kier alpha value is -3.40. The molecule has 2 aromatic carbocycles. The standard InChI is InChI=1S/C19H19N3O6S/c1-13-3-2-4-15(9-13)21-18(24)11-29-12-19(25)28-10-17(23)20-14-5-7-16(8-6-14)22(26)27/h2-9H,10-12H2,1H3,(H,20,23)(H,21,24). The van der Waals surface area contributed by atoms with Gasteiger partial charge >= 0.3 is 5.97 Å². The average molecular weight is 417 g/mol. The van der Waals surface area contributed by atoms with Crippen LogP contribution in [0.4, 0.5) is 17.1 Å². The minimum atomic E-state index is -0.628. The van der Waals surface area contributed by atoms with E-state index in [4.69, 9.17) is 4.74 Å². The Morgan fingerprint density at radius 1 is 1.00 bits per heavy atom. The number of nitrogens with one attached hydrogen (secondary N) is 2. The summed E-state index contributed by atoms with van der Waals surface area (Å²) in [6, 6.07) is 12.6. The zero-order valence-corrected chi connectivity index (χ0v) is 16.4. The number of carbonyl (C=O) groups is 3. The van der Waals surface area contributed by atoms with Gasteiger partial charge in [-0.05, 0) is 36.8 Å². The number of ether oxygens (including phenoxy) is 1. The van der Waals surface area contributed by atoms with Gasteiger partial charge in [-0.15, -0.1) is 11.8 Å². The summed E-state index contributed by atoms with van der Waals surface area (Å²) >= 11 is 1.07. The van der Waals surface area contributed by atoms with Crippen molar-refractivity contribution in [3.8, 4) is 0 Å². The maximum absolute atomic E-state index is 11.9. The number of non-ortho nitro benzene ring substituents is 1. The molecule has 0 saturated carbocycles. The quantitative estimate of drug-likeness (QED) is 0.365. The van der Waals surface area contributed by atoms with Crippen molar-refractivity contribution in [1.29, 1.82) is 0 Å². The Kier molecular flexibility index (Phi) is 8.16. The first-order chi connectivity index (χ1) is 13.8. The molecule has 9 nitrogen and oxygen atoms in total. The second kappa shape index (κ2) is 10.8. The molecule has 0 fully saturated rings. The number of benzene rings is 2. The van der Waals surface area contributed by atoms with E-state index < -0.39 is 23.4 Å². The van der Waals surface area contributed by atoms with Gasteiger partial charge in [-0.3, -0.25) is 24.5 Å². The number of thioether (sulfide) groups is 1. The molecule has 0 aliphatic rings. The molecule has 152 valence electrons. The Morgan fingerprint density at radius 2 is 1.69 bits per heavy atom. The molecule has 29 heavy (non-hydrogen) atoms. The van der Waals surface area contributed by atoms with Crippen molar-refractivity contribution < 1.29 is 24.0 Å². The van der Waals surface area contributed by atoms with E-state index in [0.717, 1.165) is 17.3 Å². The van der Waals surface area contributed by atoms with Crippen LogP contribution < -0.4 is 10.6 Å². The van der Waals surface area contributed by atoms with Crippen LogP contribution in [-0.2, 0) is 19.1 Å². The first kappa shape index (κ1) is 21.9. The maximum Gasteiger partial charge on any atom is 0.316 e. The summed E-state index contributed by atoms with van der Waals surface area (Å²) in [5.74, 6) is -1.46. The first-order valence-corrected chi connectivity index (χ1v) is 9.63. The van der Waals surface area contributed by atoms with Gasteiger partial charge in [0, 0.05) is 23.5 Å². The molecule has 2 aromatic rings. The third kappa shape index (κ3) is 8.01. The van der Waals surface area contributed by atoms with Crippen LogP contribution in [0.3, 0.4) is 0 Å². The summed E-state index contributed by atoms with van der Waals surface area (Å²) in [7, 11) is 0. The Labute approximate surface area is 171 Å². The minimum absolute atomic E-state index is 0.0675. The third-order valence-corrected chi connectivity index (χ3v) is 4.39. The summed E-state index contributed by atoms with van der Waals surface area (Å²) in [5.41, 5.74) is 1.95. The molecule has 0 aromatic heterocycles. The van der Waals surface area contributed by atoms with Crippen LogP contribution in [-0.4, -0.2) is 40.8 Å². The van der Waals surface area contributed by atoms with Crippen LogP contribution in [0.2, 0.25) is 0 Å². The summed E-state index contributed by atoms with van der Waals surface area (Å²) in [6.07, 6.45) is 0. The lowest BCUT2D eigenvalue weighted by Gasteiger charge is -2.07. The van der Waals surface area contributed by atoms with Gasteiger partial charge in [0.2, 0.25) is 5.91 Å². The first-order valence-electron chi connectivity index (χ1n) is 8.47. The number of nitro groups is 1. The van der Waals surface area contributed by atoms with E-state index in [-0.39, 0.29) is 23.1 Å². The van der Waals surface area contributed by atoms with Crippen molar-refractivity contribution in [3.63, 3.8) is 0 Å². The number of aryl methyl sites for hydroxylation is 1. The third-order valence-electron chi connectivity index (χ3n) is 3.48. The van der Waals surface area contributed by atoms with Crippen LogP contribution in [0.15, 0.2) is 48.5 Å². The van der Waals surface area contributed by atoms with Crippen molar-refractivity contribution in [3.05, 3.63) is 64.2 Å². The second-order valence-electron chi connectivity index (χ2n) is 5.92. The monoisotopic (exact) mass is 417 g/mol. The predicted octanol–water partition coefficient (Wildman–Crippen LogP) is 2.76. The number of anilines is 2. The lowest BCUT2D eigenvalue weighted by molar-refractivity contribution is -0.384. The van der Waals surface area contributed by atoms with Crippen LogP contribution >= 0.6 is 11.8 Å². The number of amides is 2. The van der Waals surface area contributed by atoms with E-state index in [2.05, 4.69) is 10.6 Å². The van der Waals surface area contributed by atoms with E-state index in [0.29, 0.717) is 11.4 Å². The fourth-order valence-electron chi connectivity index (χ4n) is 2.20.